The summed E-state index contributed by atoms with van der Waals surface area (Å²) < 4.78 is 31.7. The van der Waals surface area contributed by atoms with Crippen LogP contribution >= 0.6 is 0 Å². The molecule has 0 radical (unpaired) electrons. The highest BCUT2D eigenvalue weighted by Crippen LogP contribution is 2.22. The van der Waals surface area contributed by atoms with Crippen LogP contribution in [0.3, 0.4) is 0 Å². The fourth-order valence-electron chi connectivity index (χ4n) is 3.83. The minimum Gasteiger partial charge on any atom is -0.497 e. The predicted molar refractivity (Wildman–Crippen MR) is 144 cm³/mol. The molecular weight excluding hydrogens is 494 g/mol. The molecule has 0 saturated carbocycles. The first-order valence-corrected chi connectivity index (χ1v) is 13.8. The molecule has 2 amide bonds. The molecule has 2 rings (SSSR count). The van der Waals surface area contributed by atoms with Crippen LogP contribution in [0.25, 0.3) is 0 Å². The largest absolute Gasteiger partial charge is 0.497 e. The van der Waals surface area contributed by atoms with Crippen molar-refractivity contribution in [2.24, 2.45) is 0 Å². The number of amides is 2. The van der Waals surface area contributed by atoms with Gasteiger partial charge >= 0.3 is 0 Å². The summed E-state index contributed by atoms with van der Waals surface area (Å²) in [5.74, 6) is -0.532. The van der Waals surface area contributed by atoms with Crippen molar-refractivity contribution in [3.8, 4) is 5.75 Å². The summed E-state index contributed by atoms with van der Waals surface area (Å²) in [4.78, 5) is 40.3. The first kappa shape index (κ1) is 29.8. The van der Waals surface area contributed by atoms with Gasteiger partial charge in [-0.3, -0.25) is 18.7 Å². The van der Waals surface area contributed by atoms with Crippen LogP contribution in [-0.4, -0.2) is 62.4 Å². The zero-order chi connectivity index (χ0) is 28.0. The molecule has 10 heteroatoms. The topological polar surface area (TPSA) is 113 Å². The van der Waals surface area contributed by atoms with E-state index in [9.17, 15) is 22.8 Å². The smallest absolute Gasteiger partial charge is 0.244 e. The maximum atomic E-state index is 13.8. The second-order valence-electron chi connectivity index (χ2n) is 9.91. The van der Waals surface area contributed by atoms with Gasteiger partial charge in [-0.25, -0.2) is 8.42 Å². The van der Waals surface area contributed by atoms with E-state index in [2.05, 4.69) is 5.32 Å². The van der Waals surface area contributed by atoms with E-state index in [0.29, 0.717) is 17.7 Å². The average molecular weight is 532 g/mol. The molecule has 0 unspecified atom stereocenters. The van der Waals surface area contributed by atoms with Crippen LogP contribution < -0.4 is 14.4 Å². The lowest BCUT2D eigenvalue weighted by atomic mass is 10.1. The van der Waals surface area contributed by atoms with Gasteiger partial charge in [0.05, 0.1) is 19.1 Å². The van der Waals surface area contributed by atoms with Gasteiger partial charge in [0, 0.05) is 17.6 Å². The Labute approximate surface area is 219 Å². The van der Waals surface area contributed by atoms with Gasteiger partial charge in [-0.15, -0.1) is 0 Å². The third-order valence-corrected chi connectivity index (χ3v) is 6.73. The number of nitrogens with zero attached hydrogens (tertiary/aromatic N) is 2. The summed E-state index contributed by atoms with van der Waals surface area (Å²) in [6.45, 7) is 8.24. The first-order valence-electron chi connectivity index (χ1n) is 12.0. The molecule has 1 N–H and O–H groups in total. The molecule has 2 aromatic rings. The second kappa shape index (κ2) is 12.2. The van der Waals surface area contributed by atoms with Crippen LogP contribution in [0.5, 0.6) is 5.75 Å². The highest BCUT2D eigenvalue weighted by molar-refractivity contribution is 7.92. The van der Waals surface area contributed by atoms with Crippen molar-refractivity contribution in [1.29, 1.82) is 0 Å². The average Bonchev–Trinajstić information content (AvgIpc) is 2.80. The number of ketones is 1. The molecule has 9 nitrogen and oxygen atoms in total. The fourth-order valence-corrected chi connectivity index (χ4v) is 4.68. The van der Waals surface area contributed by atoms with Gasteiger partial charge in [-0.05, 0) is 63.9 Å². The third kappa shape index (κ3) is 8.59. The third-order valence-electron chi connectivity index (χ3n) is 5.59. The van der Waals surface area contributed by atoms with Crippen molar-refractivity contribution in [3.63, 3.8) is 0 Å². The van der Waals surface area contributed by atoms with Crippen LogP contribution in [0.4, 0.5) is 5.69 Å². The monoisotopic (exact) mass is 531 g/mol. The molecular formula is C27H37N3O6S. The maximum Gasteiger partial charge on any atom is 0.244 e. The second-order valence-corrected chi connectivity index (χ2v) is 11.8. The summed E-state index contributed by atoms with van der Waals surface area (Å²) in [6, 6.07) is 12.4. The molecule has 0 aliphatic heterocycles. The van der Waals surface area contributed by atoms with E-state index in [1.165, 1.54) is 31.1 Å². The van der Waals surface area contributed by atoms with Gasteiger partial charge in [-0.2, -0.15) is 0 Å². The Hall–Kier alpha value is -3.40. The fraction of sp³-hybridized carbons (Fsp3) is 0.444. The van der Waals surface area contributed by atoms with E-state index >= 15 is 0 Å². The normalized spacial score (nSPS) is 12.4. The Balaban J connectivity index is 2.51. The van der Waals surface area contributed by atoms with E-state index < -0.39 is 34.1 Å². The molecule has 0 saturated heterocycles. The summed E-state index contributed by atoms with van der Waals surface area (Å²) >= 11 is 0. The van der Waals surface area contributed by atoms with Crippen molar-refractivity contribution in [3.05, 3.63) is 59.7 Å². The summed E-state index contributed by atoms with van der Waals surface area (Å²) in [7, 11) is -2.37. The Bertz CT molecular complexity index is 1240. The standard InChI is InChI=1S/C27H37N3O6S/c1-8-24(26(33)28-27(3,4)5)29(17-20-11-9-14-23(15-20)36-6)25(32)18-30(37(7,34)35)22-13-10-12-21(16-22)19(2)31/h9-16,24H,8,17-18H2,1-7H3,(H,28,33)/t24-/m1/s1. The Kier molecular flexibility index (Phi) is 9.86. The van der Waals surface area contributed by atoms with Gasteiger partial charge in [0.1, 0.15) is 18.3 Å². The minimum atomic E-state index is -3.90. The van der Waals surface area contributed by atoms with Crippen molar-refractivity contribution in [2.75, 3.05) is 24.2 Å². The number of benzene rings is 2. The molecule has 2 aromatic carbocycles. The SMILES string of the molecule is CC[C@H](C(=O)NC(C)(C)C)N(Cc1cccc(OC)c1)C(=O)CN(c1cccc(C(C)=O)c1)S(C)(=O)=O. The number of nitrogens with one attached hydrogen (secondary N) is 1. The Morgan fingerprint density at radius 2 is 1.70 bits per heavy atom. The summed E-state index contributed by atoms with van der Waals surface area (Å²) in [5.41, 5.74) is 0.709. The van der Waals surface area contributed by atoms with Crippen molar-refractivity contribution < 1.29 is 27.5 Å². The lowest BCUT2D eigenvalue weighted by Gasteiger charge is -2.34. The number of ether oxygens (including phenoxy) is 1. The Morgan fingerprint density at radius 1 is 1.05 bits per heavy atom. The number of sulfonamides is 1. The lowest BCUT2D eigenvalue weighted by Crippen LogP contribution is -2.55. The molecule has 0 aromatic heterocycles. The molecule has 0 heterocycles. The first-order chi connectivity index (χ1) is 17.2. The summed E-state index contributed by atoms with van der Waals surface area (Å²) in [6.07, 6.45) is 1.31. The van der Waals surface area contributed by atoms with Gasteiger partial charge < -0.3 is 15.0 Å². The molecule has 0 fully saturated rings. The number of rotatable bonds is 11. The van der Waals surface area contributed by atoms with Gasteiger partial charge in [0.15, 0.2) is 5.78 Å². The molecule has 0 bridgehead atoms. The highest BCUT2D eigenvalue weighted by Gasteiger charge is 2.33. The van der Waals surface area contributed by atoms with Crippen LogP contribution in [-0.2, 0) is 26.2 Å². The van der Waals surface area contributed by atoms with Crippen LogP contribution in [0.2, 0.25) is 0 Å². The van der Waals surface area contributed by atoms with E-state index in [1.807, 2.05) is 26.8 Å². The molecule has 0 aliphatic rings. The zero-order valence-electron chi connectivity index (χ0n) is 22.6. The van der Waals surface area contributed by atoms with Crippen molar-refractivity contribution >= 4 is 33.3 Å². The predicted octanol–water partition coefficient (Wildman–Crippen LogP) is 3.39. The van der Waals surface area contributed by atoms with E-state index in [-0.39, 0.29) is 23.9 Å². The number of hydrogen-bond donors (Lipinski definition) is 1. The van der Waals surface area contributed by atoms with Gasteiger partial charge in [-0.1, -0.05) is 31.2 Å². The van der Waals surface area contributed by atoms with Gasteiger partial charge in [0.2, 0.25) is 21.8 Å². The van der Waals surface area contributed by atoms with Crippen LogP contribution in [0.15, 0.2) is 48.5 Å². The van der Waals surface area contributed by atoms with Crippen molar-refractivity contribution in [2.45, 2.75) is 59.2 Å². The number of carbonyl (C=O) groups is 3. The molecule has 37 heavy (non-hydrogen) atoms. The molecule has 202 valence electrons. The highest BCUT2D eigenvalue weighted by atomic mass is 32.2. The van der Waals surface area contributed by atoms with E-state index in [4.69, 9.17) is 4.74 Å². The zero-order valence-corrected chi connectivity index (χ0v) is 23.4. The maximum absolute atomic E-state index is 13.8. The summed E-state index contributed by atoms with van der Waals surface area (Å²) in [5, 5.41) is 2.92. The molecule has 1 atom stereocenters. The molecule has 0 aliphatic carbocycles. The van der Waals surface area contributed by atoms with Crippen LogP contribution in [0.1, 0.15) is 57.0 Å². The van der Waals surface area contributed by atoms with E-state index in [1.54, 1.807) is 37.3 Å². The van der Waals surface area contributed by atoms with Crippen molar-refractivity contribution in [1.82, 2.24) is 10.2 Å². The van der Waals surface area contributed by atoms with E-state index in [0.717, 1.165) is 16.1 Å². The molecule has 0 spiro atoms. The number of hydrogen-bond acceptors (Lipinski definition) is 6. The number of methoxy groups -OCH3 is 1. The van der Waals surface area contributed by atoms with Crippen LogP contribution in [0, 0.1) is 0 Å². The minimum absolute atomic E-state index is 0.0667. The number of anilines is 1. The number of carbonyl (C=O) groups excluding carboxylic acids is 3. The number of Topliss-reactive ketones (excluding diaryl/α,β-unsaturated/α-hetero) is 1. The lowest BCUT2D eigenvalue weighted by molar-refractivity contribution is -0.141. The van der Waals surface area contributed by atoms with Gasteiger partial charge in [0.25, 0.3) is 0 Å². The quantitative estimate of drug-likeness (QED) is 0.445. The Morgan fingerprint density at radius 3 is 2.24 bits per heavy atom.